The molecular weight excluding hydrogens is 651 g/mol. The van der Waals surface area contributed by atoms with Crippen molar-refractivity contribution in [3.05, 3.63) is 103 Å². The Kier molecular flexibility index (Phi) is 8.89. The highest BCUT2D eigenvalue weighted by molar-refractivity contribution is 7.89. The summed E-state index contributed by atoms with van der Waals surface area (Å²) < 4.78 is 60.5. The third-order valence-corrected chi connectivity index (χ3v) is 10.1. The Bertz CT molecular complexity index is 2140. The highest BCUT2D eigenvalue weighted by Crippen LogP contribution is 2.38. The van der Waals surface area contributed by atoms with Crippen LogP contribution in [0.2, 0.25) is 0 Å². The predicted octanol–water partition coefficient (Wildman–Crippen LogP) is 6.41. The predicted molar refractivity (Wildman–Crippen MR) is 173 cm³/mol. The van der Waals surface area contributed by atoms with Gasteiger partial charge in [0.25, 0.3) is 0 Å². The van der Waals surface area contributed by atoms with E-state index < -0.39 is 32.5 Å². The SMILES string of the molecule is CCOC(=O)c1csc(-n2nc(-c3ccc(F)c(C#Cc4ccc(C)s4)c3)c(Cc3ccc(S(N)(=O)=O)c(F)c3)c2CC2CC2)n1. The summed E-state index contributed by atoms with van der Waals surface area (Å²) in [5, 5.41) is 12.2. The Labute approximate surface area is 272 Å². The number of hydrogen-bond donors (Lipinski definition) is 1. The maximum Gasteiger partial charge on any atom is 0.357 e. The third kappa shape index (κ3) is 6.95. The topological polar surface area (TPSA) is 117 Å². The van der Waals surface area contributed by atoms with Gasteiger partial charge >= 0.3 is 5.97 Å². The zero-order valence-corrected chi connectivity index (χ0v) is 27.3. The third-order valence-electron chi connectivity index (χ3n) is 7.41. The standard InChI is InChI=1S/C33H28F2N4O4S3/c1-3-43-32(40)28-18-44-33(37-28)39-29(16-20-5-6-20)25(14-21-7-13-30(27(35)15-21)46(36,41)42)31(38-39)23-9-12-26(34)22(17-23)8-11-24-10-4-19(2)45-24/h4,7,9-10,12-13,15,17-18,20H,3,5-6,14,16H2,1-2H3,(H2,36,41,42). The molecule has 13 heteroatoms. The van der Waals surface area contributed by atoms with E-state index >= 15 is 4.39 Å². The number of esters is 1. The number of thiazole rings is 1. The highest BCUT2D eigenvalue weighted by Gasteiger charge is 2.30. The van der Waals surface area contributed by atoms with Crippen LogP contribution in [0.25, 0.3) is 16.4 Å². The number of carbonyl (C=O) groups excluding carboxylic acids is 1. The van der Waals surface area contributed by atoms with Crippen LogP contribution < -0.4 is 5.14 Å². The van der Waals surface area contributed by atoms with Crippen molar-refractivity contribution in [2.75, 3.05) is 6.61 Å². The number of hydrogen-bond acceptors (Lipinski definition) is 8. The zero-order valence-electron chi connectivity index (χ0n) is 24.8. The van der Waals surface area contributed by atoms with Crippen LogP contribution in [0.4, 0.5) is 8.78 Å². The number of carbonyl (C=O) groups is 1. The lowest BCUT2D eigenvalue weighted by atomic mass is 9.96. The first kappa shape index (κ1) is 31.7. The van der Waals surface area contributed by atoms with Gasteiger partial charge in [0, 0.05) is 27.8 Å². The molecule has 6 rings (SSSR count). The van der Waals surface area contributed by atoms with E-state index in [-0.39, 0.29) is 24.3 Å². The van der Waals surface area contributed by atoms with Gasteiger partial charge in [-0.15, -0.1) is 22.7 Å². The minimum Gasteiger partial charge on any atom is -0.461 e. The van der Waals surface area contributed by atoms with E-state index in [1.807, 2.05) is 19.1 Å². The first-order valence-electron chi connectivity index (χ1n) is 14.4. The number of aromatic nitrogens is 3. The van der Waals surface area contributed by atoms with Crippen molar-refractivity contribution in [1.29, 1.82) is 0 Å². The molecule has 0 saturated heterocycles. The van der Waals surface area contributed by atoms with E-state index in [1.165, 1.54) is 34.8 Å². The molecule has 0 atom stereocenters. The van der Waals surface area contributed by atoms with Crippen molar-refractivity contribution in [3.63, 3.8) is 0 Å². The van der Waals surface area contributed by atoms with E-state index in [0.717, 1.165) is 46.0 Å². The summed E-state index contributed by atoms with van der Waals surface area (Å²) in [6.45, 7) is 3.89. The maximum absolute atomic E-state index is 15.0. The van der Waals surface area contributed by atoms with Crippen molar-refractivity contribution >= 4 is 38.7 Å². The fourth-order valence-corrected chi connectivity index (χ4v) is 7.09. The lowest BCUT2D eigenvalue weighted by Gasteiger charge is -2.10. The number of ether oxygens (including phenoxy) is 1. The van der Waals surface area contributed by atoms with Gasteiger partial charge < -0.3 is 4.74 Å². The quantitative estimate of drug-likeness (QED) is 0.142. The molecule has 236 valence electrons. The number of nitrogens with two attached hydrogens (primary N) is 1. The van der Waals surface area contributed by atoms with Crippen molar-refractivity contribution in [1.82, 2.24) is 14.8 Å². The molecule has 0 bridgehead atoms. The molecule has 1 fully saturated rings. The molecule has 1 saturated carbocycles. The summed E-state index contributed by atoms with van der Waals surface area (Å²) in [5.74, 6) is 4.38. The summed E-state index contributed by atoms with van der Waals surface area (Å²) in [7, 11) is -4.25. The van der Waals surface area contributed by atoms with E-state index in [0.29, 0.717) is 34.3 Å². The van der Waals surface area contributed by atoms with Crippen LogP contribution in [0.1, 0.15) is 62.4 Å². The Morgan fingerprint density at radius 1 is 1.11 bits per heavy atom. The van der Waals surface area contributed by atoms with Crippen LogP contribution >= 0.6 is 22.7 Å². The molecule has 1 aliphatic rings. The van der Waals surface area contributed by atoms with Crippen molar-refractivity contribution in [2.45, 2.75) is 44.4 Å². The summed E-state index contributed by atoms with van der Waals surface area (Å²) in [5.41, 5.74) is 3.48. The molecule has 0 amide bonds. The lowest BCUT2D eigenvalue weighted by molar-refractivity contribution is 0.0520. The fraction of sp³-hybridized carbons (Fsp3) is 0.242. The fourth-order valence-electron chi connectivity index (χ4n) is 5.01. The molecule has 0 spiro atoms. The largest absolute Gasteiger partial charge is 0.461 e. The zero-order chi connectivity index (χ0) is 32.6. The minimum absolute atomic E-state index is 0.154. The summed E-state index contributed by atoms with van der Waals surface area (Å²) in [4.78, 5) is 18.2. The number of sulfonamides is 1. The highest BCUT2D eigenvalue weighted by atomic mass is 32.2. The molecule has 2 aromatic carbocycles. The van der Waals surface area contributed by atoms with Gasteiger partial charge in [-0.2, -0.15) is 5.10 Å². The van der Waals surface area contributed by atoms with Gasteiger partial charge in [-0.25, -0.2) is 36.8 Å². The van der Waals surface area contributed by atoms with Gasteiger partial charge in [0.05, 0.1) is 28.4 Å². The van der Waals surface area contributed by atoms with Gasteiger partial charge in [-0.05, 0) is 87.1 Å². The molecular formula is C33H28F2N4O4S3. The normalized spacial score (nSPS) is 13.0. The van der Waals surface area contributed by atoms with Crippen molar-refractivity contribution in [2.24, 2.45) is 11.1 Å². The molecule has 5 aromatic rings. The van der Waals surface area contributed by atoms with Crippen LogP contribution in [0.15, 0.2) is 58.8 Å². The van der Waals surface area contributed by atoms with Crippen LogP contribution in [0, 0.1) is 36.3 Å². The van der Waals surface area contributed by atoms with Crippen molar-refractivity contribution < 1.29 is 26.7 Å². The molecule has 2 N–H and O–H groups in total. The number of thiophene rings is 1. The second kappa shape index (κ2) is 12.9. The average molecular weight is 679 g/mol. The minimum atomic E-state index is -4.25. The van der Waals surface area contributed by atoms with Crippen LogP contribution in [0.3, 0.4) is 0 Å². The second-order valence-corrected chi connectivity index (χ2v) is 14.6. The number of benzene rings is 2. The monoisotopic (exact) mass is 678 g/mol. The van der Waals surface area contributed by atoms with Crippen LogP contribution in [-0.4, -0.2) is 35.8 Å². The summed E-state index contributed by atoms with van der Waals surface area (Å²) in [6.07, 6.45) is 2.88. The number of halogens is 2. The van der Waals surface area contributed by atoms with Gasteiger partial charge in [0.15, 0.2) is 5.69 Å². The van der Waals surface area contributed by atoms with E-state index in [2.05, 4.69) is 16.8 Å². The van der Waals surface area contributed by atoms with E-state index in [4.69, 9.17) is 15.0 Å². The molecule has 0 unspecified atom stereocenters. The van der Waals surface area contributed by atoms with E-state index in [1.54, 1.807) is 29.1 Å². The Morgan fingerprint density at radius 2 is 1.91 bits per heavy atom. The molecule has 46 heavy (non-hydrogen) atoms. The first-order valence-corrected chi connectivity index (χ1v) is 17.7. The van der Waals surface area contributed by atoms with E-state index in [9.17, 15) is 17.6 Å². The van der Waals surface area contributed by atoms with Gasteiger partial charge in [0.2, 0.25) is 15.2 Å². The Morgan fingerprint density at radius 3 is 2.59 bits per heavy atom. The number of nitrogens with zero attached hydrogens (tertiary/aromatic N) is 3. The molecule has 3 aromatic heterocycles. The molecule has 1 aliphatic carbocycles. The summed E-state index contributed by atoms with van der Waals surface area (Å²) >= 11 is 2.74. The Hall–Kier alpha value is -4.22. The molecule has 0 radical (unpaired) electrons. The number of primary sulfonamides is 1. The average Bonchev–Trinajstić information content (AvgIpc) is 3.35. The molecule has 3 heterocycles. The molecule has 8 nitrogen and oxygen atoms in total. The van der Waals surface area contributed by atoms with Crippen molar-refractivity contribution in [3.8, 4) is 28.2 Å². The lowest BCUT2D eigenvalue weighted by Crippen LogP contribution is -2.14. The smallest absolute Gasteiger partial charge is 0.357 e. The van der Waals surface area contributed by atoms with Gasteiger partial charge in [0.1, 0.15) is 16.5 Å². The number of aryl methyl sites for hydroxylation is 1. The maximum atomic E-state index is 15.0. The summed E-state index contributed by atoms with van der Waals surface area (Å²) in [6, 6.07) is 12.2. The van der Waals surface area contributed by atoms with Crippen LogP contribution in [-0.2, 0) is 27.6 Å². The second-order valence-electron chi connectivity index (χ2n) is 10.9. The first-order chi connectivity index (χ1) is 22.0. The van der Waals surface area contributed by atoms with Gasteiger partial charge in [-0.3, -0.25) is 0 Å². The Balaban J connectivity index is 1.50. The van der Waals surface area contributed by atoms with Gasteiger partial charge in [-0.1, -0.05) is 17.9 Å². The molecule has 0 aliphatic heterocycles. The van der Waals surface area contributed by atoms with Crippen LogP contribution in [0.5, 0.6) is 0 Å². The number of rotatable bonds is 9.